The Kier molecular flexibility index (Phi) is 7.60. The molecule has 1 atom stereocenters. The number of phenols is 1. The van der Waals surface area contributed by atoms with Crippen molar-refractivity contribution in [2.75, 3.05) is 37.5 Å². The molecule has 1 amide bonds. The van der Waals surface area contributed by atoms with Crippen molar-refractivity contribution in [3.63, 3.8) is 0 Å². The van der Waals surface area contributed by atoms with Gasteiger partial charge in [0, 0.05) is 42.0 Å². The SMILES string of the molecule is CCc1c(N2CCC(NC(=O)c3ccc(C(=O)O)c(O)c3)C2)nc(Nc2ccc(OC)c(OC)c2)c2ncsc12. The molecule has 0 saturated carbocycles. The number of carboxylic acid groups (broad SMARTS) is 1. The molecule has 5 rings (SSSR count). The van der Waals surface area contributed by atoms with E-state index in [1.807, 2.05) is 23.7 Å². The Morgan fingerprint density at radius 1 is 1.15 bits per heavy atom. The number of aromatic nitrogens is 2. The lowest BCUT2D eigenvalue weighted by Gasteiger charge is -2.22. The second-order valence-corrected chi connectivity index (χ2v) is 10.1. The summed E-state index contributed by atoms with van der Waals surface area (Å²) in [6, 6.07) is 9.19. The number of pyridine rings is 1. The van der Waals surface area contributed by atoms with Crippen LogP contribution in [-0.2, 0) is 6.42 Å². The van der Waals surface area contributed by atoms with Gasteiger partial charge in [0.2, 0.25) is 0 Å². The number of amides is 1. The molecule has 0 radical (unpaired) electrons. The van der Waals surface area contributed by atoms with Crippen molar-refractivity contribution in [3.05, 3.63) is 58.6 Å². The van der Waals surface area contributed by atoms with Crippen LogP contribution in [0, 0.1) is 0 Å². The molecule has 1 aliphatic rings. The van der Waals surface area contributed by atoms with Crippen LogP contribution in [0.25, 0.3) is 10.2 Å². The van der Waals surface area contributed by atoms with Crippen LogP contribution in [0.3, 0.4) is 0 Å². The fourth-order valence-electron chi connectivity index (χ4n) is 4.87. The van der Waals surface area contributed by atoms with Gasteiger partial charge >= 0.3 is 5.97 Å². The highest BCUT2D eigenvalue weighted by Gasteiger charge is 2.29. The van der Waals surface area contributed by atoms with Crippen LogP contribution in [0.4, 0.5) is 17.3 Å². The average molecular weight is 564 g/mol. The largest absolute Gasteiger partial charge is 0.507 e. The van der Waals surface area contributed by atoms with Crippen LogP contribution < -0.4 is 25.0 Å². The number of carbonyl (C=O) groups is 2. The number of fused-ring (bicyclic) bond motifs is 1. The van der Waals surface area contributed by atoms with Crippen molar-refractivity contribution in [1.82, 2.24) is 15.3 Å². The second-order valence-electron chi connectivity index (χ2n) is 9.28. The monoisotopic (exact) mass is 563 g/mol. The number of aromatic hydroxyl groups is 1. The quantitative estimate of drug-likeness (QED) is 0.231. The van der Waals surface area contributed by atoms with E-state index in [0.717, 1.165) is 33.7 Å². The third kappa shape index (κ3) is 5.17. The number of methoxy groups -OCH3 is 2. The third-order valence-electron chi connectivity index (χ3n) is 6.87. The predicted molar refractivity (Wildman–Crippen MR) is 153 cm³/mol. The molecule has 3 heterocycles. The molecule has 1 fully saturated rings. The normalized spacial score (nSPS) is 14.8. The van der Waals surface area contributed by atoms with Crippen LogP contribution in [0.5, 0.6) is 17.2 Å². The minimum absolute atomic E-state index is 0.153. The van der Waals surface area contributed by atoms with Gasteiger partial charge in [-0.2, -0.15) is 0 Å². The number of aromatic carboxylic acids is 1. The van der Waals surface area contributed by atoms with Gasteiger partial charge < -0.3 is 35.2 Å². The molecular weight excluding hydrogens is 534 g/mol. The average Bonchev–Trinajstić information content (AvgIpc) is 3.63. The number of aryl methyl sites for hydroxylation is 1. The van der Waals surface area contributed by atoms with Crippen molar-refractivity contribution in [1.29, 1.82) is 0 Å². The lowest BCUT2D eigenvalue weighted by Crippen LogP contribution is -2.37. The third-order valence-corrected chi connectivity index (χ3v) is 7.75. The van der Waals surface area contributed by atoms with Crippen LogP contribution in [0.1, 0.15) is 39.6 Å². The number of benzene rings is 2. The summed E-state index contributed by atoms with van der Waals surface area (Å²) in [6.45, 7) is 3.32. The van der Waals surface area contributed by atoms with E-state index in [1.54, 1.807) is 25.6 Å². The van der Waals surface area contributed by atoms with Crippen LogP contribution >= 0.6 is 11.3 Å². The summed E-state index contributed by atoms with van der Waals surface area (Å²) in [5, 5.41) is 25.5. The lowest BCUT2D eigenvalue weighted by atomic mass is 10.1. The van der Waals surface area contributed by atoms with E-state index in [0.29, 0.717) is 36.8 Å². The molecule has 1 unspecified atom stereocenters. The van der Waals surface area contributed by atoms with Gasteiger partial charge in [0.15, 0.2) is 17.3 Å². The maximum atomic E-state index is 12.9. The smallest absolute Gasteiger partial charge is 0.339 e. The van der Waals surface area contributed by atoms with Gasteiger partial charge in [-0.15, -0.1) is 11.3 Å². The van der Waals surface area contributed by atoms with Gasteiger partial charge in [0.1, 0.15) is 22.6 Å². The van der Waals surface area contributed by atoms with Gasteiger partial charge in [0.05, 0.1) is 24.4 Å². The van der Waals surface area contributed by atoms with Gasteiger partial charge in [0.25, 0.3) is 5.91 Å². The Hall–Kier alpha value is -4.58. The number of anilines is 3. The predicted octanol–water partition coefficient (Wildman–Crippen LogP) is 4.43. The molecule has 1 saturated heterocycles. The van der Waals surface area contributed by atoms with Crippen molar-refractivity contribution in [3.8, 4) is 17.2 Å². The minimum Gasteiger partial charge on any atom is -0.507 e. The molecule has 208 valence electrons. The first kappa shape index (κ1) is 27.0. The summed E-state index contributed by atoms with van der Waals surface area (Å²) < 4.78 is 11.8. The molecule has 4 aromatic rings. The molecule has 2 aromatic heterocycles. The number of ether oxygens (including phenoxy) is 2. The first-order valence-electron chi connectivity index (χ1n) is 12.7. The number of rotatable bonds is 9. The van der Waals surface area contributed by atoms with Crippen molar-refractivity contribution >= 4 is 50.8 Å². The van der Waals surface area contributed by atoms with E-state index in [4.69, 9.17) is 19.6 Å². The van der Waals surface area contributed by atoms with Gasteiger partial charge in [-0.25, -0.2) is 14.8 Å². The van der Waals surface area contributed by atoms with Gasteiger partial charge in [-0.05, 0) is 43.2 Å². The molecule has 0 bridgehead atoms. The molecule has 2 aromatic carbocycles. The zero-order valence-electron chi connectivity index (χ0n) is 22.2. The summed E-state index contributed by atoms with van der Waals surface area (Å²) in [7, 11) is 3.18. The van der Waals surface area contributed by atoms with Crippen LogP contribution in [-0.4, -0.2) is 65.4 Å². The molecule has 12 heteroatoms. The highest BCUT2D eigenvalue weighted by atomic mass is 32.1. The fourth-order valence-corrected chi connectivity index (χ4v) is 5.77. The Balaban J connectivity index is 1.38. The summed E-state index contributed by atoms with van der Waals surface area (Å²) in [5.74, 6) is 0.595. The topological polar surface area (TPSA) is 146 Å². The molecule has 4 N–H and O–H groups in total. The first-order chi connectivity index (χ1) is 19.3. The van der Waals surface area contributed by atoms with E-state index < -0.39 is 11.7 Å². The Morgan fingerprint density at radius 2 is 1.95 bits per heavy atom. The molecule has 11 nitrogen and oxygen atoms in total. The van der Waals surface area contributed by atoms with Crippen LogP contribution in [0.2, 0.25) is 0 Å². The van der Waals surface area contributed by atoms with Crippen molar-refractivity contribution in [2.24, 2.45) is 0 Å². The number of carboxylic acids is 1. The lowest BCUT2D eigenvalue weighted by molar-refractivity contribution is 0.0693. The van der Waals surface area contributed by atoms with Crippen LogP contribution in [0.15, 0.2) is 41.9 Å². The summed E-state index contributed by atoms with van der Waals surface area (Å²) in [6.07, 6.45) is 1.47. The fraction of sp³-hybridized carbons (Fsp3) is 0.286. The minimum atomic E-state index is -1.26. The number of thiazole rings is 1. The summed E-state index contributed by atoms with van der Waals surface area (Å²) in [4.78, 5) is 35.8. The maximum Gasteiger partial charge on any atom is 0.339 e. The zero-order valence-corrected chi connectivity index (χ0v) is 23.0. The first-order valence-corrected chi connectivity index (χ1v) is 13.6. The van der Waals surface area contributed by atoms with E-state index in [9.17, 15) is 14.7 Å². The molecule has 0 spiro atoms. The van der Waals surface area contributed by atoms with Gasteiger partial charge in [-0.3, -0.25) is 4.79 Å². The van der Waals surface area contributed by atoms with E-state index >= 15 is 0 Å². The molecule has 40 heavy (non-hydrogen) atoms. The summed E-state index contributed by atoms with van der Waals surface area (Å²) in [5.41, 5.74) is 4.41. The molecule has 1 aliphatic heterocycles. The number of hydrogen-bond donors (Lipinski definition) is 4. The van der Waals surface area contributed by atoms with Crippen molar-refractivity contribution < 1.29 is 29.3 Å². The van der Waals surface area contributed by atoms with E-state index in [-0.39, 0.29) is 23.1 Å². The number of nitrogens with one attached hydrogen (secondary N) is 2. The Bertz CT molecular complexity index is 1590. The highest BCUT2D eigenvalue weighted by Crippen LogP contribution is 2.38. The van der Waals surface area contributed by atoms with Gasteiger partial charge in [-0.1, -0.05) is 6.92 Å². The number of hydrogen-bond acceptors (Lipinski definition) is 10. The number of nitrogens with zero attached hydrogens (tertiary/aromatic N) is 3. The number of carbonyl (C=O) groups excluding carboxylic acids is 1. The highest BCUT2D eigenvalue weighted by molar-refractivity contribution is 7.17. The molecular formula is C28H29N5O6S. The second kappa shape index (κ2) is 11.3. The van der Waals surface area contributed by atoms with Crippen molar-refractivity contribution in [2.45, 2.75) is 25.8 Å². The van der Waals surface area contributed by atoms with E-state index in [2.05, 4.69) is 27.4 Å². The standard InChI is InChI=1S/C28H29N5O6S/c1-4-18-24-23(29-14-40-24)25(30-16-6-8-21(38-2)22(12-16)39-3)32-26(18)33-10-9-17(13-33)31-27(35)15-5-7-19(28(36)37)20(34)11-15/h5-8,11-12,14,17,34H,4,9-10,13H2,1-3H3,(H,30,32)(H,31,35)(H,36,37). The zero-order chi connectivity index (χ0) is 28.4. The Morgan fingerprint density at radius 3 is 2.65 bits per heavy atom. The Labute approximate surface area is 234 Å². The van der Waals surface area contributed by atoms with E-state index in [1.165, 1.54) is 18.2 Å². The maximum absolute atomic E-state index is 12.9. The molecule has 0 aliphatic carbocycles. The summed E-state index contributed by atoms with van der Waals surface area (Å²) >= 11 is 1.57.